The molecule has 3 heterocycles. The second-order valence-electron chi connectivity index (χ2n) is 6.94. The van der Waals surface area contributed by atoms with E-state index in [1.165, 1.54) is 12.1 Å². The molecule has 0 saturated carbocycles. The molecule has 0 bridgehead atoms. The fraction of sp³-hybridized carbons (Fsp3) is 0.474. The highest BCUT2D eigenvalue weighted by molar-refractivity contribution is 7.98. The Hall–Kier alpha value is -1.73. The highest BCUT2D eigenvalue weighted by Crippen LogP contribution is 2.24. The summed E-state index contributed by atoms with van der Waals surface area (Å²) in [6.45, 7) is 1.66. The average Bonchev–Trinajstić information content (AvgIpc) is 3.05. The van der Waals surface area contributed by atoms with Gasteiger partial charge < -0.3 is 0 Å². The third-order valence-electron chi connectivity index (χ3n) is 5.17. The van der Waals surface area contributed by atoms with Crippen molar-refractivity contribution in [2.75, 3.05) is 12.3 Å². The number of rotatable bonds is 4. The number of halogens is 2. The smallest absolute Gasteiger partial charge is 0.267 e. The van der Waals surface area contributed by atoms with Crippen molar-refractivity contribution in [2.45, 2.75) is 44.1 Å². The third-order valence-corrected chi connectivity index (χ3v) is 6.18. The van der Waals surface area contributed by atoms with E-state index in [0.717, 1.165) is 54.6 Å². The molecule has 7 heteroatoms. The normalized spacial score (nSPS) is 20.3. The van der Waals surface area contributed by atoms with Gasteiger partial charge in [-0.15, -0.1) is 0 Å². The topological polar surface area (TPSA) is 38.1 Å². The van der Waals surface area contributed by atoms with Crippen molar-refractivity contribution in [1.29, 1.82) is 0 Å². The van der Waals surface area contributed by atoms with E-state index in [1.807, 2.05) is 11.8 Å². The van der Waals surface area contributed by atoms with Crippen molar-refractivity contribution in [2.24, 2.45) is 0 Å². The van der Waals surface area contributed by atoms with Crippen molar-refractivity contribution < 1.29 is 8.78 Å². The Kier molecular flexibility index (Phi) is 5.09. The van der Waals surface area contributed by atoms with Gasteiger partial charge in [-0.05, 0) is 48.9 Å². The van der Waals surface area contributed by atoms with Gasteiger partial charge in [-0.25, -0.2) is 13.5 Å². The number of likely N-dealkylation sites (tertiary alicyclic amines) is 1. The van der Waals surface area contributed by atoms with E-state index in [2.05, 4.69) is 10.00 Å². The molecule has 1 aromatic heterocycles. The van der Waals surface area contributed by atoms with Gasteiger partial charge in [0.15, 0.2) is 0 Å². The molecular formula is C19H21F2N3OS. The van der Waals surface area contributed by atoms with Crippen molar-refractivity contribution >= 4 is 11.8 Å². The summed E-state index contributed by atoms with van der Waals surface area (Å²) in [5, 5.41) is 4.58. The average molecular weight is 377 g/mol. The molecule has 0 N–H and O–H groups in total. The number of thioether (sulfide) groups is 1. The van der Waals surface area contributed by atoms with Crippen LogP contribution in [0, 0.1) is 11.6 Å². The maximum absolute atomic E-state index is 14.0. The zero-order valence-electron chi connectivity index (χ0n) is 14.5. The number of aromatic nitrogens is 2. The molecule has 4 nitrogen and oxygen atoms in total. The lowest BCUT2D eigenvalue weighted by Crippen LogP contribution is -2.37. The molecule has 26 heavy (non-hydrogen) atoms. The van der Waals surface area contributed by atoms with Gasteiger partial charge in [0.05, 0.1) is 12.2 Å². The van der Waals surface area contributed by atoms with Crippen LogP contribution in [0.2, 0.25) is 0 Å². The summed E-state index contributed by atoms with van der Waals surface area (Å²) in [5.41, 5.74) is 2.35. The van der Waals surface area contributed by atoms with E-state index in [4.69, 9.17) is 0 Å². The first kappa shape index (κ1) is 17.7. The van der Waals surface area contributed by atoms with Crippen LogP contribution in [0.25, 0.3) is 0 Å². The van der Waals surface area contributed by atoms with Crippen LogP contribution in [0.4, 0.5) is 8.78 Å². The van der Waals surface area contributed by atoms with E-state index < -0.39 is 11.6 Å². The quantitative estimate of drug-likeness (QED) is 0.821. The fourth-order valence-corrected chi connectivity index (χ4v) is 4.73. The van der Waals surface area contributed by atoms with Gasteiger partial charge in [-0.1, -0.05) is 0 Å². The van der Waals surface area contributed by atoms with E-state index in [1.54, 1.807) is 10.7 Å². The molecule has 1 atom stereocenters. The first-order valence-corrected chi connectivity index (χ1v) is 10.1. The molecule has 2 aliphatic heterocycles. The van der Waals surface area contributed by atoms with Crippen LogP contribution in [0.15, 0.2) is 29.1 Å². The maximum atomic E-state index is 14.0. The van der Waals surface area contributed by atoms with Crippen LogP contribution >= 0.6 is 11.8 Å². The highest BCUT2D eigenvalue weighted by atomic mass is 32.2. The molecule has 0 aliphatic carbocycles. The van der Waals surface area contributed by atoms with Crippen LogP contribution < -0.4 is 5.56 Å². The summed E-state index contributed by atoms with van der Waals surface area (Å²) in [6.07, 6.45) is 2.80. The minimum absolute atomic E-state index is 0.0740. The number of aryl methyl sites for hydroxylation is 1. The lowest BCUT2D eigenvalue weighted by molar-refractivity contribution is 0.213. The molecule has 4 rings (SSSR count). The van der Waals surface area contributed by atoms with Gasteiger partial charge in [0, 0.05) is 36.4 Å². The van der Waals surface area contributed by atoms with E-state index in [0.29, 0.717) is 18.7 Å². The highest BCUT2D eigenvalue weighted by Gasteiger charge is 2.27. The second-order valence-corrected chi connectivity index (χ2v) is 8.05. The monoisotopic (exact) mass is 377 g/mol. The predicted octanol–water partition coefficient (Wildman–Crippen LogP) is 2.98. The maximum Gasteiger partial charge on any atom is 0.267 e. The molecule has 0 amide bonds. The van der Waals surface area contributed by atoms with Crippen LogP contribution in [0.5, 0.6) is 0 Å². The Bertz CT molecular complexity index is 870. The Morgan fingerprint density at radius 3 is 3.04 bits per heavy atom. The van der Waals surface area contributed by atoms with Gasteiger partial charge in [0.25, 0.3) is 5.56 Å². The minimum Gasteiger partial charge on any atom is -0.294 e. The van der Waals surface area contributed by atoms with Crippen molar-refractivity contribution in [3.05, 3.63) is 63.1 Å². The van der Waals surface area contributed by atoms with Crippen molar-refractivity contribution in [1.82, 2.24) is 14.7 Å². The standard InChI is InChI=1S/C19H21F2N3OS/c20-15-3-4-17(21)13(8-15)10-23-6-1-2-16(23)11-24-19(25)9-14-12-26-7-5-18(14)22-24/h3-4,8-9,16H,1-2,5-7,10-12H2. The molecule has 2 aromatic rings. The van der Waals surface area contributed by atoms with Gasteiger partial charge >= 0.3 is 0 Å². The minimum atomic E-state index is -0.428. The summed E-state index contributed by atoms with van der Waals surface area (Å²) in [6, 6.07) is 5.38. The molecule has 2 aliphatic rings. The summed E-state index contributed by atoms with van der Waals surface area (Å²) < 4.78 is 29.0. The first-order chi connectivity index (χ1) is 12.6. The Morgan fingerprint density at radius 2 is 2.15 bits per heavy atom. The molecule has 0 radical (unpaired) electrons. The van der Waals surface area contributed by atoms with E-state index >= 15 is 0 Å². The summed E-state index contributed by atoms with van der Waals surface area (Å²) in [7, 11) is 0. The van der Waals surface area contributed by atoms with Crippen LogP contribution in [0.3, 0.4) is 0 Å². The van der Waals surface area contributed by atoms with Gasteiger partial charge in [-0.3, -0.25) is 9.69 Å². The van der Waals surface area contributed by atoms with Gasteiger partial charge in [-0.2, -0.15) is 16.9 Å². The number of hydrogen-bond donors (Lipinski definition) is 0. The molecule has 1 saturated heterocycles. The molecule has 1 unspecified atom stereocenters. The molecule has 138 valence electrons. The summed E-state index contributed by atoms with van der Waals surface area (Å²) in [5.74, 6) is 1.07. The first-order valence-electron chi connectivity index (χ1n) is 8.96. The van der Waals surface area contributed by atoms with Crippen LogP contribution in [-0.4, -0.2) is 33.0 Å². The molecular weight excluding hydrogens is 356 g/mol. The largest absolute Gasteiger partial charge is 0.294 e. The van der Waals surface area contributed by atoms with E-state index in [9.17, 15) is 13.6 Å². The number of hydrogen-bond acceptors (Lipinski definition) is 4. The zero-order chi connectivity index (χ0) is 18.1. The Balaban J connectivity index is 1.52. The second kappa shape index (κ2) is 7.48. The lowest BCUT2D eigenvalue weighted by Gasteiger charge is -2.25. The predicted molar refractivity (Wildman–Crippen MR) is 98.2 cm³/mol. The van der Waals surface area contributed by atoms with Crippen LogP contribution in [0.1, 0.15) is 29.7 Å². The van der Waals surface area contributed by atoms with Crippen molar-refractivity contribution in [3.8, 4) is 0 Å². The Labute approximate surface area is 155 Å². The fourth-order valence-electron chi connectivity index (χ4n) is 3.78. The van der Waals surface area contributed by atoms with Gasteiger partial charge in [0.1, 0.15) is 11.6 Å². The third kappa shape index (κ3) is 3.69. The molecule has 0 spiro atoms. The Morgan fingerprint density at radius 1 is 1.27 bits per heavy atom. The number of nitrogens with zero attached hydrogens (tertiary/aromatic N) is 3. The van der Waals surface area contributed by atoms with Crippen LogP contribution in [-0.2, 0) is 25.3 Å². The zero-order valence-corrected chi connectivity index (χ0v) is 15.3. The SMILES string of the molecule is O=c1cc2c(nn1CC1CCCN1Cc1cc(F)ccc1F)CCSC2. The van der Waals surface area contributed by atoms with Crippen molar-refractivity contribution in [3.63, 3.8) is 0 Å². The summed E-state index contributed by atoms with van der Waals surface area (Å²) >= 11 is 1.83. The number of fused-ring (bicyclic) bond motifs is 1. The van der Waals surface area contributed by atoms with E-state index in [-0.39, 0.29) is 11.6 Å². The van der Waals surface area contributed by atoms with Gasteiger partial charge in [0.2, 0.25) is 0 Å². The molecule has 1 aromatic carbocycles. The lowest BCUT2D eigenvalue weighted by atomic mass is 10.1. The number of benzene rings is 1. The molecule has 1 fully saturated rings. The summed E-state index contributed by atoms with van der Waals surface area (Å²) in [4.78, 5) is 14.5.